The highest BCUT2D eigenvalue weighted by molar-refractivity contribution is 5.99. The van der Waals surface area contributed by atoms with Crippen molar-refractivity contribution in [3.05, 3.63) is 59.7 Å². The lowest BCUT2D eigenvalue weighted by Gasteiger charge is -2.42. The van der Waals surface area contributed by atoms with E-state index in [1.54, 1.807) is 24.5 Å². The fraction of sp³-hybridized carbons (Fsp3) is 0.481. The van der Waals surface area contributed by atoms with Gasteiger partial charge in [-0.15, -0.1) is 0 Å². The van der Waals surface area contributed by atoms with Crippen molar-refractivity contribution in [2.45, 2.75) is 70.2 Å². The van der Waals surface area contributed by atoms with Crippen LogP contribution in [0.3, 0.4) is 0 Å². The van der Waals surface area contributed by atoms with Crippen LogP contribution in [0.2, 0.25) is 0 Å². The SMILES string of the molecule is CC1(C)CC(=O)N([C@H](c2cccnc2)[C@@H]2C[C@H]2C(=O)NC2CC(C)(C)Oc3cc(F)ccc32)C(=N)N1. The fourth-order valence-electron chi connectivity index (χ4n) is 5.54. The van der Waals surface area contributed by atoms with Gasteiger partial charge in [-0.25, -0.2) is 4.39 Å². The van der Waals surface area contributed by atoms with Crippen molar-refractivity contribution in [2.75, 3.05) is 0 Å². The van der Waals surface area contributed by atoms with Gasteiger partial charge in [-0.05, 0) is 57.7 Å². The summed E-state index contributed by atoms with van der Waals surface area (Å²) in [6, 6.07) is 7.30. The van der Waals surface area contributed by atoms with E-state index in [2.05, 4.69) is 15.6 Å². The Hall–Kier alpha value is -3.49. The summed E-state index contributed by atoms with van der Waals surface area (Å²) >= 11 is 0. The molecule has 1 aliphatic carbocycles. The van der Waals surface area contributed by atoms with E-state index in [4.69, 9.17) is 10.1 Å². The van der Waals surface area contributed by atoms with E-state index in [0.29, 0.717) is 18.6 Å². The maximum Gasteiger partial charge on any atom is 0.232 e. The van der Waals surface area contributed by atoms with Crippen LogP contribution in [-0.4, -0.2) is 38.8 Å². The molecule has 36 heavy (non-hydrogen) atoms. The third kappa shape index (κ3) is 4.66. The molecule has 3 heterocycles. The molecule has 5 rings (SSSR count). The number of fused-ring (bicyclic) bond motifs is 1. The van der Waals surface area contributed by atoms with E-state index in [1.807, 2.05) is 33.8 Å². The Labute approximate surface area is 210 Å². The number of hydrogen-bond acceptors (Lipinski definition) is 5. The lowest BCUT2D eigenvalue weighted by Crippen LogP contribution is -2.60. The van der Waals surface area contributed by atoms with Crippen molar-refractivity contribution in [3.8, 4) is 5.75 Å². The van der Waals surface area contributed by atoms with Crippen molar-refractivity contribution in [1.29, 1.82) is 5.41 Å². The Morgan fingerprint density at radius 3 is 2.78 bits per heavy atom. The zero-order valence-electron chi connectivity index (χ0n) is 21.0. The predicted octanol–water partition coefficient (Wildman–Crippen LogP) is 3.85. The van der Waals surface area contributed by atoms with Crippen LogP contribution >= 0.6 is 0 Å². The monoisotopic (exact) mass is 493 g/mol. The molecule has 2 fully saturated rings. The molecular formula is C27H32FN5O3. The number of benzene rings is 1. The number of pyridine rings is 1. The van der Waals surface area contributed by atoms with Crippen molar-refractivity contribution in [3.63, 3.8) is 0 Å². The van der Waals surface area contributed by atoms with Crippen molar-refractivity contribution in [1.82, 2.24) is 20.5 Å². The molecule has 1 unspecified atom stereocenters. The normalized spacial score (nSPS) is 26.8. The summed E-state index contributed by atoms with van der Waals surface area (Å²) < 4.78 is 19.8. The number of rotatable bonds is 5. The molecule has 2 aliphatic heterocycles. The topological polar surface area (TPSA) is 107 Å². The second-order valence-electron chi connectivity index (χ2n) is 11.3. The standard InChI is InChI=1S/C27H32FN5O3/c1-26(2)13-22(34)33(25(29)32-26)23(15-6-5-9-30-14-15)18-11-19(18)24(35)31-20-12-27(3,4)36-21-10-16(28)7-8-17(20)21/h5-10,14,18-20,23H,11-13H2,1-4H3,(H2,29,32)(H,31,35)/t18-,19-,20?,23-/m1/s1. The first-order valence-electron chi connectivity index (χ1n) is 12.3. The van der Waals surface area contributed by atoms with Crippen LogP contribution in [-0.2, 0) is 9.59 Å². The largest absolute Gasteiger partial charge is 0.487 e. The smallest absolute Gasteiger partial charge is 0.232 e. The summed E-state index contributed by atoms with van der Waals surface area (Å²) in [7, 11) is 0. The van der Waals surface area contributed by atoms with E-state index in [-0.39, 0.29) is 47.9 Å². The summed E-state index contributed by atoms with van der Waals surface area (Å²) in [5, 5.41) is 14.9. The molecule has 1 aromatic heterocycles. The minimum Gasteiger partial charge on any atom is -0.487 e. The quantitative estimate of drug-likeness (QED) is 0.587. The number of ether oxygens (including phenoxy) is 1. The summed E-state index contributed by atoms with van der Waals surface area (Å²) in [4.78, 5) is 32.3. The highest BCUT2D eigenvalue weighted by Gasteiger charge is 2.53. The number of nitrogens with one attached hydrogen (secondary N) is 3. The number of carbonyl (C=O) groups excluding carboxylic acids is 2. The van der Waals surface area contributed by atoms with Gasteiger partial charge in [0.15, 0.2) is 5.96 Å². The van der Waals surface area contributed by atoms with Gasteiger partial charge in [0.2, 0.25) is 11.8 Å². The van der Waals surface area contributed by atoms with Gasteiger partial charge >= 0.3 is 0 Å². The second-order valence-corrected chi connectivity index (χ2v) is 11.3. The minimum absolute atomic E-state index is 0.0401. The van der Waals surface area contributed by atoms with E-state index in [0.717, 1.165) is 11.1 Å². The maximum absolute atomic E-state index is 13.8. The number of nitrogens with zero attached hydrogens (tertiary/aromatic N) is 2. The zero-order valence-corrected chi connectivity index (χ0v) is 21.0. The molecule has 1 saturated heterocycles. The maximum atomic E-state index is 13.8. The number of hydrogen-bond donors (Lipinski definition) is 3. The molecule has 2 aromatic rings. The first-order valence-corrected chi connectivity index (χ1v) is 12.3. The summed E-state index contributed by atoms with van der Waals surface area (Å²) in [5.41, 5.74) is 0.482. The highest BCUT2D eigenvalue weighted by atomic mass is 19.1. The average molecular weight is 494 g/mol. The Morgan fingerprint density at radius 1 is 1.31 bits per heavy atom. The van der Waals surface area contributed by atoms with Crippen LogP contribution in [0.5, 0.6) is 5.75 Å². The van der Waals surface area contributed by atoms with Gasteiger partial charge in [-0.1, -0.05) is 12.1 Å². The highest BCUT2D eigenvalue weighted by Crippen LogP contribution is 2.51. The predicted molar refractivity (Wildman–Crippen MR) is 132 cm³/mol. The molecule has 1 saturated carbocycles. The fourth-order valence-corrected chi connectivity index (χ4v) is 5.54. The van der Waals surface area contributed by atoms with E-state index >= 15 is 0 Å². The van der Waals surface area contributed by atoms with Gasteiger partial charge in [0.05, 0.1) is 12.1 Å². The van der Waals surface area contributed by atoms with Crippen LogP contribution in [0.4, 0.5) is 4.39 Å². The van der Waals surface area contributed by atoms with Gasteiger partial charge in [0, 0.05) is 48.3 Å². The van der Waals surface area contributed by atoms with Crippen LogP contribution in [0.25, 0.3) is 0 Å². The number of amides is 2. The van der Waals surface area contributed by atoms with Crippen LogP contribution in [0.15, 0.2) is 42.7 Å². The molecule has 2 amide bonds. The first kappa shape index (κ1) is 24.2. The Kier molecular flexibility index (Phi) is 5.76. The van der Waals surface area contributed by atoms with Gasteiger partial charge in [-0.3, -0.25) is 24.9 Å². The molecule has 1 aromatic carbocycles. The van der Waals surface area contributed by atoms with Crippen molar-refractivity contribution < 1.29 is 18.7 Å². The second kappa shape index (κ2) is 8.57. The zero-order chi connectivity index (χ0) is 25.8. The van der Waals surface area contributed by atoms with Crippen molar-refractivity contribution in [2.24, 2.45) is 11.8 Å². The molecule has 0 bridgehead atoms. The number of aromatic nitrogens is 1. The lowest BCUT2D eigenvalue weighted by atomic mass is 9.89. The van der Waals surface area contributed by atoms with Gasteiger partial charge in [0.25, 0.3) is 0 Å². The van der Waals surface area contributed by atoms with Crippen molar-refractivity contribution >= 4 is 17.8 Å². The third-order valence-corrected chi connectivity index (χ3v) is 7.20. The molecule has 4 atom stereocenters. The average Bonchev–Trinajstić information content (AvgIpc) is 3.55. The Bertz CT molecular complexity index is 1200. The molecule has 3 N–H and O–H groups in total. The van der Waals surface area contributed by atoms with Gasteiger partial charge in [0.1, 0.15) is 17.2 Å². The molecule has 0 radical (unpaired) electrons. The van der Waals surface area contributed by atoms with E-state index in [1.165, 1.54) is 17.0 Å². The van der Waals surface area contributed by atoms with Crippen LogP contribution in [0.1, 0.15) is 70.2 Å². The molecule has 8 nitrogen and oxygen atoms in total. The molecule has 0 spiro atoms. The number of carbonyl (C=O) groups is 2. The summed E-state index contributed by atoms with van der Waals surface area (Å²) in [6.07, 6.45) is 4.75. The third-order valence-electron chi connectivity index (χ3n) is 7.20. The summed E-state index contributed by atoms with van der Waals surface area (Å²) in [5.74, 6) is -0.635. The van der Waals surface area contributed by atoms with Gasteiger partial charge < -0.3 is 15.4 Å². The lowest BCUT2D eigenvalue weighted by molar-refractivity contribution is -0.133. The summed E-state index contributed by atoms with van der Waals surface area (Å²) in [6.45, 7) is 7.62. The minimum atomic E-state index is -0.562. The molecule has 190 valence electrons. The van der Waals surface area contributed by atoms with E-state index in [9.17, 15) is 14.0 Å². The van der Waals surface area contributed by atoms with Gasteiger partial charge in [-0.2, -0.15) is 0 Å². The molecule has 9 heteroatoms. The molecular weight excluding hydrogens is 461 g/mol. The Morgan fingerprint density at radius 2 is 2.08 bits per heavy atom. The Balaban J connectivity index is 1.38. The molecule has 3 aliphatic rings. The van der Waals surface area contributed by atoms with Crippen LogP contribution in [0, 0.1) is 23.1 Å². The number of halogens is 1. The van der Waals surface area contributed by atoms with Crippen LogP contribution < -0.4 is 15.4 Å². The number of guanidine groups is 1. The van der Waals surface area contributed by atoms with E-state index < -0.39 is 17.2 Å². The first-order chi connectivity index (χ1) is 16.9.